The third-order valence-electron chi connectivity index (χ3n) is 2.45. The Morgan fingerprint density at radius 3 is 2.56 bits per heavy atom. The molecule has 0 aliphatic rings. The van der Waals surface area contributed by atoms with Gasteiger partial charge in [-0.2, -0.15) is 0 Å². The minimum atomic E-state index is 0.612. The predicted octanol–water partition coefficient (Wildman–Crippen LogP) is 4.81. The molecule has 1 aromatic heterocycles. The van der Waals surface area contributed by atoms with Crippen LogP contribution in [-0.2, 0) is 6.42 Å². The maximum Gasteiger partial charge on any atom is 0.0719 e. The van der Waals surface area contributed by atoms with Gasteiger partial charge in [0, 0.05) is 23.4 Å². The number of rotatable bonds is 4. The highest BCUT2D eigenvalue weighted by Gasteiger charge is 2.06. The molecule has 94 valence electrons. The predicted molar refractivity (Wildman–Crippen MR) is 80.6 cm³/mol. The van der Waals surface area contributed by atoms with E-state index >= 15 is 0 Å². The van der Waals surface area contributed by atoms with Crippen LogP contribution >= 0.6 is 39.1 Å². The minimum absolute atomic E-state index is 0.612. The lowest BCUT2D eigenvalue weighted by atomic mass is 10.2. The van der Waals surface area contributed by atoms with Crippen molar-refractivity contribution in [2.75, 3.05) is 11.9 Å². The van der Waals surface area contributed by atoms with Gasteiger partial charge in [-0.1, -0.05) is 45.2 Å². The van der Waals surface area contributed by atoms with Crippen LogP contribution < -0.4 is 5.32 Å². The highest BCUT2D eigenvalue weighted by atomic mass is 79.9. The Morgan fingerprint density at radius 1 is 1.22 bits per heavy atom. The summed E-state index contributed by atoms with van der Waals surface area (Å²) in [5.41, 5.74) is 1.94. The van der Waals surface area contributed by atoms with Crippen LogP contribution in [0.1, 0.15) is 5.56 Å². The van der Waals surface area contributed by atoms with Crippen LogP contribution in [0.3, 0.4) is 0 Å². The van der Waals surface area contributed by atoms with Gasteiger partial charge in [0.2, 0.25) is 0 Å². The van der Waals surface area contributed by atoms with Crippen LogP contribution in [0, 0.1) is 0 Å². The lowest BCUT2D eigenvalue weighted by molar-refractivity contribution is 1.01. The number of pyridine rings is 1. The smallest absolute Gasteiger partial charge is 0.0719 e. The quantitative estimate of drug-likeness (QED) is 0.860. The number of nitrogens with one attached hydrogen (secondary N) is 1. The van der Waals surface area contributed by atoms with E-state index in [1.54, 1.807) is 6.20 Å². The van der Waals surface area contributed by atoms with Crippen molar-refractivity contribution in [2.24, 2.45) is 0 Å². The molecule has 0 spiro atoms. The van der Waals surface area contributed by atoms with E-state index in [9.17, 15) is 0 Å². The average Bonchev–Trinajstić information content (AvgIpc) is 2.34. The zero-order valence-corrected chi connectivity index (χ0v) is 12.6. The minimum Gasteiger partial charge on any atom is -0.382 e. The Kier molecular flexibility index (Phi) is 4.87. The van der Waals surface area contributed by atoms with E-state index in [0.717, 1.165) is 23.1 Å². The van der Waals surface area contributed by atoms with Crippen molar-refractivity contribution in [3.63, 3.8) is 0 Å². The molecule has 2 aromatic rings. The van der Waals surface area contributed by atoms with E-state index in [1.807, 2.05) is 30.5 Å². The lowest BCUT2D eigenvalue weighted by Crippen LogP contribution is -2.06. The van der Waals surface area contributed by atoms with E-state index in [-0.39, 0.29) is 0 Å². The molecule has 0 saturated carbocycles. The normalized spacial score (nSPS) is 10.4. The molecule has 2 rings (SSSR count). The van der Waals surface area contributed by atoms with Crippen molar-refractivity contribution in [3.8, 4) is 0 Å². The molecule has 0 atom stereocenters. The molecule has 18 heavy (non-hydrogen) atoms. The van der Waals surface area contributed by atoms with Crippen LogP contribution in [0.25, 0.3) is 0 Å². The van der Waals surface area contributed by atoms with Crippen LogP contribution in [0.2, 0.25) is 10.0 Å². The van der Waals surface area contributed by atoms with Crippen LogP contribution in [-0.4, -0.2) is 11.5 Å². The summed E-state index contributed by atoms with van der Waals surface area (Å²) >= 11 is 15.6. The van der Waals surface area contributed by atoms with E-state index in [1.165, 1.54) is 5.56 Å². The van der Waals surface area contributed by atoms with Gasteiger partial charge in [-0.25, -0.2) is 0 Å². The van der Waals surface area contributed by atoms with Gasteiger partial charge >= 0.3 is 0 Å². The monoisotopic (exact) mass is 344 g/mol. The molecule has 0 saturated heterocycles. The second-order valence-electron chi connectivity index (χ2n) is 3.78. The first-order valence-corrected chi connectivity index (χ1v) is 6.99. The number of hydrogen-bond acceptors (Lipinski definition) is 2. The maximum atomic E-state index is 6.13. The molecule has 5 heteroatoms. The van der Waals surface area contributed by atoms with E-state index < -0.39 is 0 Å². The fraction of sp³-hybridized carbons (Fsp3) is 0.154. The van der Waals surface area contributed by atoms with Gasteiger partial charge in [-0.15, -0.1) is 0 Å². The van der Waals surface area contributed by atoms with Gasteiger partial charge < -0.3 is 5.32 Å². The van der Waals surface area contributed by atoms with Gasteiger partial charge in [-0.3, -0.25) is 4.98 Å². The summed E-state index contributed by atoms with van der Waals surface area (Å²) in [6, 6.07) is 7.61. The van der Waals surface area contributed by atoms with Gasteiger partial charge in [-0.05, 0) is 30.2 Å². The van der Waals surface area contributed by atoms with Crippen molar-refractivity contribution in [3.05, 3.63) is 56.7 Å². The van der Waals surface area contributed by atoms with Crippen LogP contribution in [0.15, 0.2) is 41.1 Å². The van der Waals surface area contributed by atoms with Gasteiger partial charge in [0.1, 0.15) is 0 Å². The molecule has 0 aliphatic heterocycles. The summed E-state index contributed by atoms with van der Waals surface area (Å²) in [4.78, 5) is 4.07. The van der Waals surface area contributed by atoms with E-state index in [2.05, 4.69) is 26.2 Å². The number of hydrogen-bond donors (Lipinski definition) is 1. The third-order valence-corrected chi connectivity index (χ3v) is 3.50. The summed E-state index contributed by atoms with van der Waals surface area (Å²) in [5.74, 6) is 0. The summed E-state index contributed by atoms with van der Waals surface area (Å²) in [6.07, 6.45) is 4.49. The molecule has 0 bridgehead atoms. The Bertz CT molecular complexity index is 509. The Balaban J connectivity index is 1.99. The van der Waals surface area contributed by atoms with Gasteiger partial charge in [0.15, 0.2) is 0 Å². The molecule has 2 nitrogen and oxygen atoms in total. The number of halogens is 3. The van der Waals surface area contributed by atoms with Gasteiger partial charge in [0.05, 0.1) is 15.7 Å². The van der Waals surface area contributed by atoms with Crippen molar-refractivity contribution in [1.29, 1.82) is 0 Å². The number of anilines is 1. The first-order valence-electron chi connectivity index (χ1n) is 5.44. The number of benzene rings is 1. The van der Waals surface area contributed by atoms with Crippen molar-refractivity contribution < 1.29 is 0 Å². The molecular weight excluding hydrogens is 335 g/mol. The molecular formula is C13H11BrCl2N2. The lowest BCUT2D eigenvalue weighted by Gasteiger charge is -2.10. The molecule has 1 N–H and O–H groups in total. The topological polar surface area (TPSA) is 24.9 Å². The first kappa shape index (κ1) is 13.7. The zero-order chi connectivity index (χ0) is 13.0. The summed E-state index contributed by atoms with van der Waals surface area (Å²) in [5, 5.41) is 4.47. The SMILES string of the molecule is Clc1cc(Br)cc(Cl)c1NCCc1cccnc1. The first-order chi connectivity index (χ1) is 8.66. The average molecular weight is 346 g/mol. The molecule has 0 fully saturated rings. The fourth-order valence-corrected chi connectivity index (χ4v) is 2.93. The largest absolute Gasteiger partial charge is 0.382 e. The second kappa shape index (κ2) is 6.41. The number of aromatic nitrogens is 1. The van der Waals surface area contributed by atoms with E-state index in [0.29, 0.717) is 10.0 Å². The molecule has 0 amide bonds. The standard InChI is InChI=1S/C13H11BrCl2N2/c14-10-6-11(15)13(12(16)7-10)18-5-3-9-2-1-4-17-8-9/h1-2,4,6-8,18H,3,5H2. The Hall–Kier alpha value is -0.770. The summed E-state index contributed by atoms with van der Waals surface area (Å²) < 4.78 is 0.871. The summed E-state index contributed by atoms with van der Waals surface area (Å²) in [7, 11) is 0. The Labute approximate surface area is 124 Å². The highest BCUT2D eigenvalue weighted by molar-refractivity contribution is 9.10. The van der Waals surface area contributed by atoms with Crippen molar-refractivity contribution in [1.82, 2.24) is 4.98 Å². The highest BCUT2D eigenvalue weighted by Crippen LogP contribution is 2.33. The van der Waals surface area contributed by atoms with Crippen molar-refractivity contribution >= 4 is 44.8 Å². The molecule has 0 unspecified atom stereocenters. The Morgan fingerprint density at radius 2 is 1.94 bits per heavy atom. The molecule has 0 radical (unpaired) electrons. The fourth-order valence-electron chi connectivity index (χ4n) is 1.59. The van der Waals surface area contributed by atoms with Gasteiger partial charge in [0.25, 0.3) is 0 Å². The van der Waals surface area contributed by atoms with Crippen LogP contribution in [0.4, 0.5) is 5.69 Å². The zero-order valence-electron chi connectivity index (χ0n) is 9.46. The third kappa shape index (κ3) is 3.61. The molecule has 1 heterocycles. The molecule has 0 aliphatic carbocycles. The van der Waals surface area contributed by atoms with Crippen molar-refractivity contribution in [2.45, 2.75) is 6.42 Å². The molecule has 1 aromatic carbocycles. The summed E-state index contributed by atoms with van der Waals surface area (Å²) in [6.45, 7) is 0.757. The second-order valence-corrected chi connectivity index (χ2v) is 5.51. The van der Waals surface area contributed by atoms with E-state index in [4.69, 9.17) is 23.2 Å². The maximum absolute atomic E-state index is 6.13. The van der Waals surface area contributed by atoms with Crippen LogP contribution in [0.5, 0.6) is 0 Å². The number of nitrogens with zero attached hydrogens (tertiary/aromatic N) is 1.